The third kappa shape index (κ3) is 3.75. The van der Waals surface area contributed by atoms with Crippen molar-refractivity contribution in [2.24, 2.45) is 0 Å². The fraction of sp³-hybridized carbons (Fsp3) is 0.235. The van der Waals surface area contributed by atoms with Crippen LogP contribution in [-0.4, -0.2) is 5.91 Å². The van der Waals surface area contributed by atoms with E-state index in [9.17, 15) is 9.18 Å². The van der Waals surface area contributed by atoms with Crippen LogP contribution in [0.2, 0.25) is 0 Å². The Morgan fingerprint density at radius 2 is 1.77 bits per heavy atom. The fourth-order valence-electron chi connectivity index (χ4n) is 1.98. The van der Waals surface area contributed by atoms with Gasteiger partial charge in [-0.05, 0) is 24.6 Å². The summed E-state index contributed by atoms with van der Waals surface area (Å²) in [5.74, 6) is -0.757. The van der Waals surface area contributed by atoms with Crippen LogP contribution in [0.25, 0.3) is 0 Å². The van der Waals surface area contributed by atoms with Gasteiger partial charge in [0.25, 0.3) is 0 Å². The summed E-state index contributed by atoms with van der Waals surface area (Å²) in [4.78, 5) is 11.4. The van der Waals surface area contributed by atoms with E-state index in [1.807, 2.05) is 31.2 Å². The van der Waals surface area contributed by atoms with Crippen LogP contribution in [0.3, 0.4) is 0 Å². The van der Waals surface area contributed by atoms with Gasteiger partial charge in [-0.25, -0.2) is 4.39 Å². The van der Waals surface area contributed by atoms with Crippen molar-refractivity contribution in [3.63, 3.8) is 0 Å². The van der Waals surface area contributed by atoms with Crippen LogP contribution in [0.4, 0.5) is 21.5 Å². The average molecular weight is 301 g/mol. The van der Waals surface area contributed by atoms with Crippen molar-refractivity contribution in [2.75, 3.05) is 16.4 Å². The maximum atomic E-state index is 14.2. The number of hydrogen-bond acceptors (Lipinski definition) is 3. The second-order valence-electron chi connectivity index (χ2n) is 5.13. The van der Waals surface area contributed by atoms with Crippen molar-refractivity contribution in [2.45, 2.75) is 26.8 Å². The van der Waals surface area contributed by atoms with E-state index in [1.165, 1.54) is 5.56 Å². The Hall–Kier alpha value is -2.56. The molecule has 0 bridgehead atoms. The maximum absolute atomic E-state index is 14.2. The lowest BCUT2D eigenvalue weighted by atomic mass is 10.1. The van der Waals surface area contributed by atoms with E-state index in [0.29, 0.717) is 24.3 Å². The molecule has 0 aliphatic carbocycles. The minimum atomic E-state index is -0.555. The van der Waals surface area contributed by atoms with Gasteiger partial charge in [-0.1, -0.05) is 36.8 Å². The van der Waals surface area contributed by atoms with Crippen LogP contribution < -0.4 is 16.4 Å². The molecule has 2 aromatic rings. The molecule has 4 nitrogen and oxygen atoms in total. The standard InChI is InChI=1S/C17H20FN3O/c1-3-15(22)21-14-9-8-13(16(18)17(14)19)20-10-12-6-4-11(2)5-7-12/h4-9,20H,3,10,19H2,1-2H3,(H,21,22). The van der Waals surface area contributed by atoms with Gasteiger partial charge in [-0.3, -0.25) is 4.79 Å². The number of carbonyl (C=O) groups is 1. The molecule has 0 aliphatic rings. The number of nitrogen functional groups attached to an aromatic ring is 1. The van der Waals surface area contributed by atoms with Crippen LogP contribution in [0.5, 0.6) is 0 Å². The van der Waals surface area contributed by atoms with Gasteiger partial charge in [-0.15, -0.1) is 0 Å². The topological polar surface area (TPSA) is 67.2 Å². The Balaban J connectivity index is 2.10. The Morgan fingerprint density at radius 3 is 2.41 bits per heavy atom. The van der Waals surface area contributed by atoms with Gasteiger partial charge >= 0.3 is 0 Å². The van der Waals surface area contributed by atoms with E-state index < -0.39 is 5.82 Å². The van der Waals surface area contributed by atoms with Crippen LogP contribution in [0.1, 0.15) is 24.5 Å². The van der Waals surface area contributed by atoms with Gasteiger partial charge in [0, 0.05) is 13.0 Å². The Morgan fingerprint density at radius 1 is 1.14 bits per heavy atom. The minimum absolute atomic E-state index is 0.0595. The predicted octanol–water partition coefficient (Wildman–Crippen LogP) is 3.68. The molecule has 0 saturated carbocycles. The molecule has 0 fully saturated rings. The van der Waals surface area contributed by atoms with E-state index in [-0.39, 0.29) is 11.6 Å². The summed E-state index contributed by atoms with van der Waals surface area (Å²) in [6.45, 7) is 4.23. The molecule has 5 heteroatoms. The van der Waals surface area contributed by atoms with Crippen molar-refractivity contribution in [1.82, 2.24) is 0 Å². The van der Waals surface area contributed by atoms with Gasteiger partial charge in [0.05, 0.1) is 17.1 Å². The molecule has 22 heavy (non-hydrogen) atoms. The molecule has 0 aromatic heterocycles. The molecule has 0 spiro atoms. The molecule has 116 valence electrons. The molecular weight excluding hydrogens is 281 g/mol. The largest absolute Gasteiger partial charge is 0.395 e. The number of amides is 1. The number of benzene rings is 2. The zero-order valence-corrected chi connectivity index (χ0v) is 12.7. The number of aryl methyl sites for hydroxylation is 1. The molecule has 0 aliphatic heterocycles. The van der Waals surface area contributed by atoms with E-state index in [4.69, 9.17) is 5.73 Å². The summed E-state index contributed by atoms with van der Waals surface area (Å²) in [5, 5.41) is 5.59. The van der Waals surface area contributed by atoms with Crippen LogP contribution in [-0.2, 0) is 11.3 Å². The number of nitrogens with one attached hydrogen (secondary N) is 2. The molecule has 2 rings (SSSR count). The monoisotopic (exact) mass is 301 g/mol. The lowest BCUT2D eigenvalue weighted by Gasteiger charge is -2.13. The Kier molecular flexibility index (Phi) is 4.99. The molecule has 1 amide bonds. The van der Waals surface area contributed by atoms with Gasteiger partial charge in [0.1, 0.15) is 0 Å². The first-order chi connectivity index (χ1) is 10.5. The Labute approximate surface area is 129 Å². The highest BCUT2D eigenvalue weighted by atomic mass is 19.1. The molecule has 0 radical (unpaired) electrons. The molecule has 0 atom stereocenters. The summed E-state index contributed by atoms with van der Waals surface area (Å²) < 4.78 is 14.2. The molecule has 0 saturated heterocycles. The van der Waals surface area contributed by atoms with E-state index in [0.717, 1.165) is 5.56 Å². The fourth-order valence-corrected chi connectivity index (χ4v) is 1.98. The normalized spacial score (nSPS) is 10.3. The highest BCUT2D eigenvalue weighted by Gasteiger charge is 2.12. The van der Waals surface area contributed by atoms with E-state index in [2.05, 4.69) is 10.6 Å². The Bertz CT molecular complexity index is 668. The first-order valence-corrected chi connectivity index (χ1v) is 7.18. The lowest BCUT2D eigenvalue weighted by Crippen LogP contribution is -2.12. The third-order valence-corrected chi connectivity index (χ3v) is 3.38. The van der Waals surface area contributed by atoms with Crippen molar-refractivity contribution < 1.29 is 9.18 Å². The number of halogens is 1. The molecule has 4 N–H and O–H groups in total. The number of nitrogens with two attached hydrogens (primary N) is 1. The highest BCUT2D eigenvalue weighted by Crippen LogP contribution is 2.28. The van der Waals surface area contributed by atoms with Crippen molar-refractivity contribution in [3.8, 4) is 0 Å². The molecular formula is C17H20FN3O. The van der Waals surface area contributed by atoms with E-state index >= 15 is 0 Å². The van der Waals surface area contributed by atoms with Gasteiger partial charge in [0.15, 0.2) is 5.82 Å². The quantitative estimate of drug-likeness (QED) is 0.738. The van der Waals surface area contributed by atoms with Crippen molar-refractivity contribution >= 4 is 23.0 Å². The van der Waals surface area contributed by atoms with Crippen molar-refractivity contribution in [3.05, 3.63) is 53.3 Å². The number of carbonyl (C=O) groups excluding carboxylic acids is 1. The first kappa shape index (κ1) is 15.8. The predicted molar refractivity (Wildman–Crippen MR) is 88.2 cm³/mol. The first-order valence-electron chi connectivity index (χ1n) is 7.18. The lowest BCUT2D eigenvalue weighted by molar-refractivity contribution is -0.115. The average Bonchev–Trinajstić information content (AvgIpc) is 2.52. The zero-order valence-electron chi connectivity index (χ0n) is 12.7. The zero-order chi connectivity index (χ0) is 16.1. The number of anilines is 3. The number of hydrogen-bond donors (Lipinski definition) is 3. The van der Waals surface area contributed by atoms with E-state index in [1.54, 1.807) is 19.1 Å². The second kappa shape index (κ2) is 6.93. The van der Waals surface area contributed by atoms with Gasteiger partial charge in [0.2, 0.25) is 5.91 Å². The highest BCUT2D eigenvalue weighted by molar-refractivity contribution is 5.94. The van der Waals surface area contributed by atoms with Crippen LogP contribution in [0, 0.1) is 12.7 Å². The van der Waals surface area contributed by atoms with Gasteiger partial charge < -0.3 is 16.4 Å². The SMILES string of the molecule is CCC(=O)Nc1ccc(NCc2ccc(C)cc2)c(F)c1N. The summed E-state index contributed by atoms with van der Waals surface area (Å²) in [6.07, 6.45) is 0.314. The number of rotatable bonds is 5. The molecule has 0 heterocycles. The molecule has 2 aromatic carbocycles. The summed E-state index contributed by atoms with van der Waals surface area (Å²) in [6, 6.07) is 11.2. The van der Waals surface area contributed by atoms with Crippen LogP contribution >= 0.6 is 0 Å². The second-order valence-corrected chi connectivity index (χ2v) is 5.13. The minimum Gasteiger partial charge on any atom is -0.395 e. The third-order valence-electron chi connectivity index (χ3n) is 3.38. The summed E-state index contributed by atoms with van der Waals surface area (Å²) in [7, 11) is 0. The maximum Gasteiger partial charge on any atom is 0.224 e. The smallest absolute Gasteiger partial charge is 0.224 e. The summed E-state index contributed by atoms with van der Waals surface area (Å²) in [5.41, 5.74) is 8.52. The summed E-state index contributed by atoms with van der Waals surface area (Å²) >= 11 is 0. The molecule has 0 unspecified atom stereocenters. The van der Waals surface area contributed by atoms with Crippen molar-refractivity contribution in [1.29, 1.82) is 0 Å². The van der Waals surface area contributed by atoms with Crippen LogP contribution in [0.15, 0.2) is 36.4 Å². The van der Waals surface area contributed by atoms with Gasteiger partial charge in [-0.2, -0.15) is 0 Å².